The minimum absolute atomic E-state index is 0.0442. The number of alkyl halides is 3. The molecule has 0 bridgehead atoms. The van der Waals surface area contributed by atoms with Crippen molar-refractivity contribution < 1.29 is 18.0 Å². The summed E-state index contributed by atoms with van der Waals surface area (Å²) in [6, 6.07) is -0.300. The Bertz CT molecular complexity index is 340. The van der Waals surface area contributed by atoms with Gasteiger partial charge in [-0.3, -0.25) is 4.79 Å². The van der Waals surface area contributed by atoms with Gasteiger partial charge in [-0.05, 0) is 57.5 Å². The second-order valence-electron chi connectivity index (χ2n) is 6.40. The van der Waals surface area contributed by atoms with Crippen molar-refractivity contribution in [3.63, 3.8) is 0 Å². The van der Waals surface area contributed by atoms with Gasteiger partial charge in [0.05, 0.1) is 5.92 Å². The molecule has 2 N–H and O–H groups in total. The average Bonchev–Trinajstić information content (AvgIpc) is 2.46. The largest absolute Gasteiger partial charge is 0.391 e. The van der Waals surface area contributed by atoms with Crippen LogP contribution in [0.1, 0.15) is 51.4 Å². The molecule has 0 spiro atoms. The minimum Gasteiger partial charge on any atom is -0.353 e. The van der Waals surface area contributed by atoms with E-state index in [0.717, 1.165) is 32.4 Å². The third kappa shape index (κ3) is 5.49. The van der Waals surface area contributed by atoms with Crippen molar-refractivity contribution in [2.45, 2.75) is 63.6 Å². The van der Waals surface area contributed by atoms with E-state index in [9.17, 15) is 18.0 Å². The van der Waals surface area contributed by atoms with Crippen molar-refractivity contribution in [1.29, 1.82) is 0 Å². The number of carbonyl (C=O) groups is 1. The molecule has 2 rings (SSSR count). The van der Waals surface area contributed by atoms with Crippen LogP contribution >= 0.6 is 0 Å². The number of rotatable bonds is 4. The van der Waals surface area contributed by atoms with Gasteiger partial charge in [0, 0.05) is 12.5 Å². The monoisotopic (exact) mass is 306 g/mol. The fourth-order valence-electron chi connectivity index (χ4n) is 3.42. The molecular formula is C15H25F3N2O. The van der Waals surface area contributed by atoms with E-state index < -0.39 is 12.1 Å². The topological polar surface area (TPSA) is 41.1 Å². The molecule has 3 nitrogen and oxygen atoms in total. The standard InChI is InChI=1S/C15H25F3N2O/c16-15(17,18)12-2-1-3-13(10-12)20-14(21)5-4-11-6-8-19-9-7-11/h11-13,19H,1-10H2,(H,20,21). The van der Waals surface area contributed by atoms with Gasteiger partial charge in [-0.15, -0.1) is 0 Å². The summed E-state index contributed by atoms with van der Waals surface area (Å²) in [6.07, 6.45) is 0.807. The van der Waals surface area contributed by atoms with Crippen molar-refractivity contribution in [2.24, 2.45) is 11.8 Å². The zero-order valence-electron chi connectivity index (χ0n) is 12.3. The molecule has 1 saturated heterocycles. The summed E-state index contributed by atoms with van der Waals surface area (Å²) in [5.41, 5.74) is 0. The van der Waals surface area contributed by atoms with Crippen molar-refractivity contribution in [2.75, 3.05) is 13.1 Å². The van der Waals surface area contributed by atoms with Gasteiger partial charge in [-0.25, -0.2) is 0 Å². The van der Waals surface area contributed by atoms with Crippen LogP contribution in [0, 0.1) is 11.8 Å². The van der Waals surface area contributed by atoms with Crippen LogP contribution in [0.4, 0.5) is 13.2 Å². The smallest absolute Gasteiger partial charge is 0.353 e. The average molecular weight is 306 g/mol. The summed E-state index contributed by atoms with van der Waals surface area (Å²) in [7, 11) is 0. The van der Waals surface area contributed by atoms with Gasteiger partial charge >= 0.3 is 6.18 Å². The maximum absolute atomic E-state index is 12.7. The number of nitrogens with one attached hydrogen (secondary N) is 2. The highest BCUT2D eigenvalue weighted by molar-refractivity contribution is 5.76. The third-order valence-electron chi connectivity index (χ3n) is 4.74. The van der Waals surface area contributed by atoms with Crippen LogP contribution in [0.25, 0.3) is 0 Å². The lowest BCUT2D eigenvalue weighted by atomic mass is 9.85. The first kappa shape index (κ1) is 16.6. The Morgan fingerprint density at radius 2 is 1.86 bits per heavy atom. The number of halogens is 3. The molecule has 2 unspecified atom stereocenters. The SMILES string of the molecule is O=C(CCC1CCNCC1)NC1CCCC(C(F)(F)F)C1. The molecule has 1 aliphatic carbocycles. The molecule has 1 amide bonds. The van der Waals surface area contributed by atoms with E-state index in [2.05, 4.69) is 10.6 Å². The zero-order chi connectivity index (χ0) is 15.3. The first-order chi connectivity index (χ1) is 9.95. The Labute approximate surface area is 124 Å². The summed E-state index contributed by atoms with van der Waals surface area (Å²) in [6.45, 7) is 2.00. The van der Waals surface area contributed by atoms with Crippen LogP contribution < -0.4 is 10.6 Å². The number of hydrogen-bond acceptors (Lipinski definition) is 2. The third-order valence-corrected chi connectivity index (χ3v) is 4.74. The van der Waals surface area contributed by atoms with Crippen molar-refractivity contribution in [1.82, 2.24) is 10.6 Å². The van der Waals surface area contributed by atoms with E-state index >= 15 is 0 Å². The molecule has 2 aliphatic rings. The molecule has 0 aromatic heterocycles. The maximum Gasteiger partial charge on any atom is 0.391 e. The molecule has 0 aromatic carbocycles. The summed E-state index contributed by atoms with van der Waals surface area (Å²) in [5, 5.41) is 6.09. The predicted octanol–water partition coefficient (Wildman–Crippen LogP) is 3.00. The van der Waals surface area contributed by atoms with Gasteiger partial charge in [0.1, 0.15) is 0 Å². The summed E-state index contributed by atoms with van der Waals surface area (Å²) >= 11 is 0. The Balaban J connectivity index is 1.69. The van der Waals surface area contributed by atoms with Crippen molar-refractivity contribution in [3.05, 3.63) is 0 Å². The van der Waals surface area contributed by atoms with Crippen molar-refractivity contribution >= 4 is 5.91 Å². The lowest BCUT2D eigenvalue weighted by Gasteiger charge is -2.31. The van der Waals surface area contributed by atoms with Crippen molar-refractivity contribution in [3.8, 4) is 0 Å². The molecule has 21 heavy (non-hydrogen) atoms. The van der Waals surface area contributed by atoms with E-state index in [1.54, 1.807) is 0 Å². The van der Waals surface area contributed by atoms with Crippen LogP contribution in [0.15, 0.2) is 0 Å². The molecule has 2 atom stereocenters. The number of piperidine rings is 1. The number of amides is 1. The van der Waals surface area contributed by atoms with Gasteiger partial charge in [0.2, 0.25) is 5.91 Å². The first-order valence-corrected chi connectivity index (χ1v) is 8.02. The molecule has 122 valence electrons. The van der Waals surface area contributed by atoms with Crippen LogP contribution in [0.2, 0.25) is 0 Å². The van der Waals surface area contributed by atoms with Gasteiger partial charge in [-0.1, -0.05) is 6.42 Å². The number of hydrogen-bond donors (Lipinski definition) is 2. The van der Waals surface area contributed by atoms with Crippen LogP contribution in [-0.4, -0.2) is 31.2 Å². The highest BCUT2D eigenvalue weighted by atomic mass is 19.4. The lowest BCUT2D eigenvalue weighted by molar-refractivity contribution is -0.184. The van der Waals surface area contributed by atoms with Gasteiger partial charge in [-0.2, -0.15) is 13.2 Å². The van der Waals surface area contributed by atoms with E-state index in [0.29, 0.717) is 25.2 Å². The molecular weight excluding hydrogens is 281 g/mol. The highest BCUT2D eigenvalue weighted by Gasteiger charge is 2.42. The van der Waals surface area contributed by atoms with E-state index in [1.807, 2.05) is 0 Å². The first-order valence-electron chi connectivity index (χ1n) is 8.02. The summed E-state index contributed by atoms with van der Waals surface area (Å²) in [4.78, 5) is 11.9. The number of carbonyl (C=O) groups excluding carboxylic acids is 1. The predicted molar refractivity (Wildman–Crippen MR) is 74.8 cm³/mol. The van der Waals surface area contributed by atoms with Crippen LogP contribution in [-0.2, 0) is 4.79 Å². The second kappa shape index (κ2) is 7.47. The fraction of sp³-hybridized carbons (Fsp3) is 0.933. The van der Waals surface area contributed by atoms with Gasteiger partial charge in [0.15, 0.2) is 0 Å². The Morgan fingerprint density at radius 3 is 2.52 bits per heavy atom. The minimum atomic E-state index is -4.13. The Morgan fingerprint density at radius 1 is 1.14 bits per heavy atom. The van der Waals surface area contributed by atoms with Gasteiger partial charge < -0.3 is 10.6 Å². The molecule has 2 fully saturated rings. The fourth-order valence-corrected chi connectivity index (χ4v) is 3.42. The van der Waals surface area contributed by atoms with E-state index in [1.165, 1.54) is 0 Å². The lowest BCUT2D eigenvalue weighted by Crippen LogP contribution is -2.41. The summed E-state index contributed by atoms with van der Waals surface area (Å²) < 4.78 is 38.2. The Hall–Kier alpha value is -0.780. The molecule has 1 heterocycles. The van der Waals surface area contributed by atoms with Gasteiger partial charge in [0.25, 0.3) is 0 Å². The quantitative estimate of drug-likeness (QED) is 0.838. The Kier molecular flexibility index (Phi) is 5.90. The molecule has 1 saturated carbocycles. The normalized spacial score (nSPS) is 28.3. The highest BCUT2D eigenvalue weighted by Crippen LogP contribution is 2.37. The molecule has 6 heteroatoms. The van der Waals surface area contributed by atoms with E-state index in [-0.39, 0.29) is 24.8 Å². The van der Waals surface area contributed by atoms with E-state index in [4.69, 9.17) is 0 Å². The summed E-state index contributed by atoms with van der Waals surface area (Å²) in [5.74, 6) is -0.756. The molecule has 0 radical (unpaired) electrons. The molecule has 1 aliphatic heterocycles. The zero-order valence-corrected chi connectivity index (χ0v) is 12.3. The maximum atomic E-state index is 12.7. The van der Waals surface area contributed by atoms with Crippen LogP contribution in [0.3, 0.4) is 0 Å². The second-order valence-corrected chi connectivity index (χ2v) is 6.40. The van der Waals surface area contributed by atoms with Crippen LogP contribution in [0.5, 0.6) is 0 Å². The molecule has 0 aromatic rings.